The van der Waals surface area contributed by atoms with Gasteiger partial charge in [-0.25, -0.2) is 9.48 Å². The summed E-state index contributed by atoms with van der Waals surface area (Å²) in [6.07, 6.45) is 0.853. The average molecular weight is 364 g/mol. The van der Waals surface area contributed by atoms with Crippen molar-refractivity contribution in [2.45, 2.75) is 38.9 Å². The summed E-state index contributed by atoms with van der Waals surface area (Å²) in [5.41, 5.74) is -0.365. The number of benzene rings is 2. The van der Waals surface area contributed by atoms with Crippen molar-refractivity contribution in [3.8, 4) is 0 Å². The number of fused-ring (bicyclic) bond motifs is 1. The maximum Gasteiger partial charge on any atom is 0.325 e. The van der Waals surface area contributed by atoms with Crippen molar-refractivity contribution in [2.75, 3.05) is 0 Å². The van der Waals surface area contributed by atoms with Gasteiger partial charge in [0.15, 0.2) is 5.82 Å². The largest absolute Gasteiger partial charge is 0.325 e. The zero-order chi connectivity index (χ0) is 19.0. The van der Waals surface area contributed by atoms with Crippen molar-refractivity contribution in [3.63, 3.8) is 0 Å². The molecule has 138 valence electrons. The molecule has 0 aliphatic carbocycles. The fourth-order valence-electron chi connectivity index (χ4n) is 3.55. The predicted octanol–water partition coefficient (Wildman–Crippen LogP) is 2.20. The molecular weight excluding hydrogens is 344 g/mol. The molecule has 0 spiro atoms. The Morgan fingerprint density at radius 1 is 1.11 bits per heavy atom. The summed E-state index contributed by atoms with van der Waals surface area (Å²) in [4.78, 5) is 27.0. The number of carbonyl (C=O) groups excluding carboxylic acids is 2. The first-order valence-electron chi connectivity index (χ1n) is 8.92. The van der Waals surface area contributed by atoms with Gasteiger partial charge in [-0.05, 0) is 40.1 Å². The molecule has 8 nitrogen and oxygen atoms in total. The average Bonchev–Trinajstić information content (AvgIpc) is 3.20. The van der Waals surface area contributed by atoms with Crippen LogP contribution >= 0.6 is 0 Å². The maximum absolute atomic E-state index is 13.2. The number of amides is 3. The number of aromatic nitrogens is 4. The van der Waals surface area contributed by atoms with Gasteiger partial charge < -0.3 is 5.32 Å². The van der Waals surface area contributed by atoms with E-state index in [1.54, 1.807) is 11.6 Å². The highest BCUT2D eigenvalue weighted by Crippen LogP contribution is 2.34. The molecule has 1 aromatic heterocycles. The molecule has 3 aromatic rings. The van der Waals surface area contributed by atoms with Gasteiger partial charge in [0.2, 0.25) is 0 Å². The summed E-state index contributed by atoms with van der Waals surface area (Å²) in [5, 5.41) is 16.4. The van der Waals surface area contributed by atoms with Crippen molar-refractivity contribution in [2.24, 2.45) is 0 Å². The first-order chi connectivity index (χ1) is 13.0. The predicted molar refractivity (Wildman–Crippen MR) is 98.5 cm³/mol. The third kappa shape index (κ3) is 2.73. The van der Waals surface area contributed by atoms with Crippen LogP contribution in [0.4, 0.5) is 4.79 Å². The number of hydrogen-bond donors (Lipinski definition) is 1. The van der Waals surface area contributed by atoms with Gasteiger partial charge in [0.25, 0.3) is 5.91 Å². The molecule has 8 heteroatoms. The van der Waals surface area contributed by atoms with E-state index in [0.29, 0.717) is 12.4 Å². The molecule has 1 fully saturated rings. The lowest BCUT2D eigenvalue weighted by molar-refractivity contribution is -0.131. The van der Waals surface area contributed by atoms with Crippen molar-refractivity contribution >= 4 is 22.7 Å². The molecule has 0 unspecified atom stereocenters. The van der Waals surface area contributed by atoms with Gasteiger partial charge >= 0.3 is 6.03 Å². The Kier molecular flexibility index (Phi) is 4.10. The van der Waals surface area contributed by atoms with Crippen molar-refractivity contribution in [1.82, 2.24) is 30.4 Å². The fraction of sp³-hybridized carbons (Fsp3) is 0.316. The summed E-state index contributed by atoms with van der Waals surface area (Å²) in [7, 11) is 0. The highest BCUT2D eigenvalue weighted by molar-refractivity contribution is 6.09. The first kappa shape index (κ1) is 17.1. The van der Waals surface area contributed by atoms with Crippen LogP contribution in [-0.2, 0) is 23.4 Å². The van der Waals surface area contributed by atoms with Crippen LogP contribution in [0.1, 0.15) is 31.7 Å². The lowest BCUT2D eigenvalue weighted by atomic mass is 9.88. The van der Waals surface area contributed by atoms with Gasteiger partial charge in [-0.2, -0.15) is 0 Å². The van der Waals surface area contributed by atoms with Crippen molar-refractivity contribution < 1.29 is 9.59 Å². The number of rotatable bonds is 5. The van der Waals surface area contributed by atoms with E-state index in [1.165, 1.54) is 4.90 Å². The molecule has 0 bridgehead atoms. The number of tetrazole rings is 1. The lowest BCUT2D eigenvalue weighted by Gasteiger charge is -2.24. The standard InChI is InChI=1S/C19H20N6O2/c1-3-11-25-16(21-22-23-25)12-24-17(26)19(2,20-18(24)27)15-10-6-8-13-7-4-5-9-14(13)15/h4-10H,3,11-12H2,1-2H3,(H,20,27)/t19-/m1/s1. The van der Waals surface area contributed by atoms with Gasteiger partial charge in [0.1, 0.15) is 5.54 Å². The van der Waals surface area contributed by atoms with Crippen LogP contribution in [0.3, 0.4) is 0 Å². The van der Waals surface area contributed by atoms with Gasteiger partial charge in [0.05, 0.1) is 6.54 Å². The third-order valence-electron chi connectivity index (χ3n) is 4.94. The van der Waals surface area contributed by atoms with Gasteiger partial charge in [-0.3, -0.25) is 9.69 Å². The van der Waals surface area contributed by atoms with E-state index in [2.05, 4.69) is 20.8 Å². The van der Waals surface area contributed by atoms with E-state index in [1.807, 2.05) is 49.4 Å². The maximum atomic E-state index is 13.2. The summed E-state index contributed by atoms with van der Waals surface area (Å²) in [6.45, 7) is 4.42. The van der Waals surface area contributed by atoms with E-state index < -0.39 is 11.6 Å². The van der Waals surface area contributed by atoms with E-state index in [-0.39, 0.29) is 12.5 Å². The number of nitrogens with one attached hydrogen (secondary N) is 1. The van der Waals surface area contributed by atoms with E-state index in [9.17, 15) is 9.59 Å². The van der Waals surface area contributed by atoms with Gasteiger partial charge in [0, 0.05) is 6.54 Å². The summed E-state index contributed by atoms with van der Waals surface area (Å²) in [5.74, 6) is 0.178. The molecule has 1 aliphatic rings. The second-order valence-electron chi connectivity index (χ2n) is 6.79. The molecule has 3 amide bonds. The molecule has 1 atom stereocenters. The third-order valence-corrected chi connectivity index (χ3v) is 4.94. The summed E-state index contributed by atoms with van der Waals surface area (Å²) in [6, 6.07) is 13.1. The zero-order valence-electron chi connectivity index (χ0n) is 15.2. The molecule has 4 rings (SSSR count). The number of aryl methyl sites for hydroxylation is 1. The van der Waals surface area contributed by atoms with Crippen LogP contribution in [0, 0.1) is 0 Å². The Morgan fingerprint density at radius 2 is 1.89 bits per heavy atom. The fourth-order valence-corrected chi connectivity index (χ4v) is 3.55. The van der Waals surface area contributed by atoms with Crippen LogP contribution < -0.4 is 5.32 Å². The summed E-state index contributed by atoms with van der Waals surface area (Å²) >= 11 is 0. The van der Waals surface area contributed by atoms with Crippen LogP contribution in [0.5, 0.6) is 0 Å². The minimum Gasteiger partial charge on any atom is -0.319 e. The molecular formula is C19H20N6O2. The minimum atomic E-state index is -1.14. The summed E-state index contributed by atoms with van der Waals surface area (Å²) < 4.78 is 1.62. The lowest BCUT2D eigenvalue weighted by Crippen LogP contribution is -2.41. The van der Waals surface area contributed by atoms with Crippen LogP contribution in [0.2, 0.25) is 0 Å². The van der Waals surface area contributed by atoms with Gasteiger partial charge in [-0.1, -0.05) is 49.4 Å². The second-order valence-corrected chi connectivity index (χ2v) is 6.79. The van der Waals surface area contributed by atoms with Crippen molar-refractivity contribution in [1.29, 1.82) is 0 Å². The van der Waals surface area contributed by atoms with Gasteiger partial charge in [-0.15, -0.1) is 5.10 Å². The molecule has 1 aliphatic heterocycles. The van der Waals surface area contributed by atoms with Crippen LogP contribution in [0.25, 0.3) is 10.8 Å². The molecule has 1 saturated heterocycles. The number of hydrogen-bond acceptors (Lipinski definition) is 5. The van der Waals surface area contributed by atoms with Crippen LogP contribution in [0.15, 0.2) is 42.5 Å². The first-order valence-corrected chi connectivity index (χ1v) is 8.92. The number of urea groups is 1. The Labute approximate surface area is 156 Å². The van der Waals surface area contributed by atoms with Crippen molar-refractivity contribution in [3.05, 3.63) is 53.9 Å². The van der Waals surface area contributed by atoms with E-state index in [4.69, 9.17) is 0 Å². The molecule has 2 aromatic carbocycles. The minimum absolute atomic E-state index is 0.0397. The SMILES string of the molecule is CCCn1nnnc1CN1C(=O)N[C@](C)(c2cccc3ccccc23)C1=O. The monoisotopic (exact) mass is 364 g/mol. The van der Waals surface area contributed by atoms with E-state index >= 15 is 0 Å². The Bertz CT molecular complexity index is 1020. The quantitative estimate of drug-likeness (QED) is 0.701. The Morgan fingerprint density at radius 3 is 2.70 bits per heavy atom. The number of nitrogens with zero attached hydrogens (tertiary/aromatic N) is 5. The Balaban J connectivity index is 1.70. The second kappa shape index (κ2) is 6.46. The molecule has 0 saturated carbocycles. The molecule has 27 heavy (non-hydrogen) atoms. The number of imide groups is 1. The molecule has 1 N–H and O–H groups in total. The normalized spacial score (nSPS) is 19.7. The smallest absolute Gasteiger partial charge is 0.319 e. The highest BCUT2D eigenvalue weighted by Gasteiger charge is 2.49. The molecule has 0 radical (unpaired) electrons. The Hall–Kier alpha value is -3.29. The topological polar surface area (TPSA) is 93.0 Å². The van der Waals surface area contributed by atoms with E-state index in [0.717, 1.165) is 22.8 Å². The molecule has 2 heterocycles. The highest BCUT2D eigenvalue weighted by atomic mass is 16.2. The number of carbonyl (C=O) groups is 2. The zero-order valence-corrected chi connectivity index (χ0v) is 15.2. The van der Waals surface area contributed by atoms with Crippen LogP contribution in [-0.4, -0.2) is 37.0 Å².